The van der Waals surface area contributed by atoms with E-state index in [4.69, 9.17) is 14.6 Å². The average molecular weight is 554 g/mol. The number of hydrogen-bond donors (Lipinski definition) is 2. The van der Waals surface area contributed by atoms with Crippen molar-refractivity contribution >= 4 is 48.6 Å². The molecule has 0 aliphatic carbocycles. The Kier molecular flexibility index (Phi) is 8.72. The minimum Gasteiger partial charge on any atom is -0.491 e. The van der Waals surface area contributed by atoms with Crippen molar-refractivity contribution in [3.8, 4) is 11.5 Å². The van der Waals surface area contributed by atoms with E-state index in [2.05, 4.69) is 15.3 Å². The molecule has 38 heavy (non-hydrogen) atoms. The summed E-state index contributed by atoms with van der Waals surface area (Å²) < 4.78 is 36.8. The number of sulfone groups is 1. The van der Waals surface area contributed by atoms with Gasteiger partial charge in [0.2, 0.25) is 6.10 Å². The smallest absolute Gasteiger partial charge is 0.271 e. The monoisotopic (exact) mass is 553 g/mol. The number of carbonyl (C=O) groups excluding carboxylic acids is 1. The summed E-state index contributed by atoms with van der Waals surface area (Å²) in [5.41, 5.74) is 2.05. The number of aliphatic hydroxyl groups is 1. The van der Waals surface area contributed by atoms with Crippen LogP contribution in [-0.2, 0) is 14.6 Å². The Morgan fingerprint density at radius 2 is 1.82 bits per heavy atom. The molecule has 4 rings (SSSR count). The molecule has 1 unspecified atom stereocenters. The van der Waals surface area contributed by atoms with Crippen molar-refractivity contribution in [1.29, 1.82) is 0 Å². The van der Waals surface area contributed by atoms with Crippen LogP contribution in [0.25, 0.3) is 10.2 Å². The Labute approximate surface area is 224 Å². The van der Waals surface area contributed by atoms with Gasteiger partial charge in [-0.15, -0.1) is 0 Å². The molecule has 11 heteroatoms. The van der Waals surface area contributed by atoms with E-state index < -0.39 is 21.8 Å². The highest BCUT2D eigenvalue weighted by atomic mass is 32.2. The van der Waals surface area contributed by atoms with Crippen LogP contribution in [0.2, 0.25) is 0 Å². The fraction of sp³-hybridized carbons (Fsp3) is 0.222. The number of hydrogen-bond acceptors (Lipinski definition) is 9. The number of carbonyl (C=O) groups is 1. The molecule has 198 valence electrons. The second-order valence-corrected chi connectivity index (χ2v) is 11.4. The van der Waals surface area contributed by atoms with E-state index in [9.17, 15) is 13.2 Å². The summed E-state index contributed by atoms with van der Waals surface area (Å²) in [5.74, 6) is 0.558. The van der Waals surface area contributed by atoms with Crippen LogP contribution in [0.5, 0.6) is 11.5 Å². The first-order chi connectivity index (χ1) is 18.3. The third-order valence-electron chi connectivity index (χ3n) is 5.52. The number of aromatic nitrogens is 1. The predicted molar refractivity (Wildman–Crippen MR) is 148 cm³/mol. The molecule has 0 aliphatic rings. The summed E-state index contributed by atoms with van der Waals surface area (Å²) in [6, 6.07) is 18.5. The Balaban J connectivity index is 1.61. The molecule has 9 nitrogen and oxygen atoms in total. The van der Waals surface area contributed by atoms with Crippen molar-refractivity contribution < 1.29 is 27.8 Å². The fourth-order valence-electron chi connectivity index (χ4n) is 3.59. The number of ether oxygens (including phenoxy) is 2. The van der Waals surface area contributed by atoms with E-state index >= 15 is 0 Å². The lowest BCUT2D eigenvalue weighted by Gasteiger charge is -2.19. The van der Waals surface area contributed by atoms with E-state index in [-0.39, 0.29) is 23.9 Å². The molecule has 2 N–H and O–H groups in total. The number of thiazole rings is 1. The largest absolute Gasteiger partial charge is 0.491 e. The average Bonchev–Trinajstić information content (AvgIpc) is 3.33. The van der Waals surface area contributed by atoms with Crippen LogP contribution in [-0.4, -0.2) is 56.6 Å². The van der Waals surface area contributed by atoms with Crippen LogP contribution in [0, 0.1) is 0 Å². The van der Waals surface area contributed by atoms with Crippen LogP contribution in [0.15, 0.2) is 76.6 Å². The quantitative estimate of drug-likeness (QED) is 0.266. The van der Waals surface area contributed by atoms with Gasteiger partial charge in [-0.05, 0) is 60.2 Å². The van der Waals surface area contributed by atoms with Gasteiger partial charge in [0, 0.05) is 18.8 Å². The number of anilines is 1. The molecule has 1 heterocycles. The molecule has 0 bridgehead atoms. The number of nitrogens with zero attached hydrogens (tertiary/aromatic N) is 2. The van der Waals surface area contributed by atoms with Crippen molar-refractivity contribution in [3.63, 3.8) is 0 Å². The van der Waals surface area contributed by atoms with Crippen molar-refractivity contribution in [2.45, 2.75) is 17.9 Å². The van der Waals surface area contributed by atoms with Crippen LogP contribution in [0.4, 0.5) is 5.13 Å². The zero-order chi connectivity index (χ0) is 27.1. The highest BCUT2D eigenvalue weighted by Crippen LogP contribution is 2.31. The van der Waals surface area contributed by atoms with Crippen LogP contribution < -0.4 is 14.8 Å². The van der Waals surface area contributed by atoms with E-state index in [1.165, 1.54) is 23.5 Å². The number of aliphatic hydroxyl groups excluding tert-OH is 1. The van der Waals surface area contributed by atoms with E-state index in [0.717, 1.165) is 10.3 Å². The molecule has 1 amide bonds. The van der Waals surface area contributed by atoms with Gasteiger partial charge in [0.05, 0.1) is 27.5 Å². The lowest BCUT2D eigenvalue weighted by molar-refractivity contribution is -0.123. The third-order valence-corrected chi connectivity index (χ3v) is 8.21. The normalized spacial score (nSPS) is 12.5. The maximum Gasteiger partial charge on any atom is 0.271 e. The molecule has 3 aromatic carbocycles. The van der Waals surface area contributed by atoms with Gasteiger partial charge in [-0.25, -0.2) is 13.4 Å². The topological polar surface area (TPSA) is 127 Å². The molecule has 0 saturated heterocycles. The zero-order valence-corrected chi connectivity index (χ0v) is 22.5. The second kappa shape index (κ2) is 12.2. The summed E-state index contributed by atoms with van der Waals surface area (Å²) in [5, 5.41) is 12.2. The summed E-state index contributed by atoms with van der Waals surface area (Å²) >= 11 is 1.27. The summed E-state index contributed by atoms with van der Waals surface area (Å²) in [4.78, 5) is 22.1. The van der Waals surface area contributed by atoms with Gasteiger partial charge in [0.15, 0.2) is 15.0 Å². The molecule has 0 spiro atoms. The summed E-state index contributed by atoms with van der Waals surface area (Å²) in [6.45, 7) is 1.66. The lowest BCUT2D eigenvalue weighted by atomic mass is 10.1. The van der Waals surface area contributed by atoms with Gasteiger partial charge in [-0.2, -0.15) is 0 Å². The number of benzene rings is 3. The van der Waals surface area contributed by atoms with Gasteiger partial charge in [-0.1, -0.05) is 30.4 Å². The first-order valence-corrected chi connectivity index (χ1v) is 14.3. The van der Waals surface area contributed by atoms with Crippen LogP contribution in [0.3, 0.4) is 0 Å². The van der Waals surface area contributed by atoms with E-state index in [1.807, 2.05) is 12.1 Å². The Morgan fingerprint density at radius 1 is 1.11 bits per heavy atom. The van der Waals surface area contributed by atoms with Crippen molar-refractivity contribution in [1.82, 2.24) is 4.98 Å². The van der Waals surface area contributed by atoms with Gasteiger partial charge < -0.3 is 14.6 Å². The maximum absolute atomic E-state index is 13.4. The molecule has 1 aromatic heterocycles. The molecular formula is C27H27N3O6S2. The van der Waals surface area contributed by atoms with Crippen molar-refractivity contribution in [2.24, 2.45) is 4.99 Å². The first-order valence-electron chi connectivity index (χ1n) is 11.8. The van der Waals surface area contributed by atoms with Crippen molar-refractivity contribution in [3.05, 3.63) is 77.9 Å². The highest BCUT2D eigenvalue weighted by Gasteiger charge is 2.25. The van der Waals surface area contributed by atoms with E-state index in [1.54, 1.807) is 62.7 Å². The fourth-order valence-corrected chi connectivity index (χ4v) is 5.37. The van der Waals surface area contributed by atoms with Gasteiger partial charge in [0.25, 0.3) is 5.91 Å². The molecule has 1 atom stereocenters. The van der Waals surface area contributed by atoms with E-state index in [0.29, 0.717) is 27.7 Å². The molecule has 0 aliphatic heterocycles. The third kappa shape index (κ3) is 6.55. The maximum atomic E-state index is 13.4. The molecule has 0 saturated carbocycles. The first kappa shape index (κ1) is 27.2. The van der Waals surface area contributed by atoms with Gasteiger partial charge >= 0.3 is 0 Å². The standard InChI is InChI=1S/C27H27N3O6S2/c1-3-38(33,34)22-11-6-19(7-12-22)25(36-20-8-4-18(5-9-20)17-28-2)26(32)30-27-29-23-13-10-21(35-15-14-31)16-24(23)37-27/h4-13,16-17,25,31H,3,14-15H2,1-2H3,(H,29,30,32). The number of nitrogens with one attached hydrogen (secondary N) is 1. The van der Waals surface area contributed by atoms with Crippen LogP contribution >= 0.6 is 11.3 Å². The molecular weight excluding hydrogens is 526 g/mol. The summed E-state index contributed by atoms with van der Waals surface area (Å²) in [6.07, 6.45) is 0.628. The minimum atomic E-state index is -3.39. The lowest BCUT2D eigenvalue weighted by Crippen LogP contribution is -2.25. The Morgan fingerprint density at radius 3 is 2.47 bits per heavy atom. The second-order valence-electron chi connectivity index (χ2n) is 8.14. The zero-order valence-electron chi connectivity index (χ0n) is 20.8. The summed E-state index contributed by atoms with van der Waals surface area (Å²) in [7, 11) is -1.71. The molecule has 4 aromatic rings. The van der Waals surface area contributed by atoms with Gasteiger partial charge in [-0.3, -0.25) is 15.1 Å². The SMILES string of the molecule is CCS(=O)(=O)c1ccc(C(Oc2ccc(C=NC)cc2)C(=O)Nc2nc3ccc(OCCO)cc3s2)cc1. The number of rotatable bonds is 11. The number of aliphatic imine (C=N–C) groups is 1. The molecule has 0 radical (unpaired) electrons. The minimum absolute atomic E-state index is 0.0233. The Bertz CT molecular complexity index is 1530. The highest BCUT2D eigenvalue weighted by molar-refractivity contribution is 7.91. The predicted octanol–water partition coefficient (Wildman–Crippen LogP) is 4.27. The number of fused-ring (bicyclic) bond motifs is 1. The van der Waals surface area contributed by atoms with Crippen molar-refractivity contribution in [2.75, 3.05) is 31.3 Å². The van der Waals surface area contributed by atoms with Crippen LogP contribution in [0.1, 0.15) is 24.2 Å². The van der Waals surface area contributed by atoms with Gasteiger partial charge in [0.1, 0.15) is 18.1 Å². The Hall–Kier alpha value is -3.80. The number of amides is 1. The molecule has 0 fully saturated rings.